The van der Waals surface area contributed by atoms with Crippen molar-refractivity contribution in [2.75, 3.05) is 26.3 Å². The second-order valence-electron chi connectivity index (χ2n) is 7.41. The Morgan fingerprint density at radius 2 is 2.04 bits per heavy atom. The van der Waals surface area contributed by atoms with Crippen molar-refractivity contribution in [2.45, 2.75) is 44.3 Å². The number of nitrogens with zero attached hydrogens (tertiary/aromatic N) is 1. The first-order valence-corrected chi connectivity index (χ1v) is 9.26. The molecule has 2 N–H and O–H groups in total. The molecule has 2 aliphatic carbocycles. The van der Waals surface area contributed by atoms with Gasteiger partial charge in [-0.2, -0.15) is 0 Å². The predicted octanol–water partition coefficient (Wildman–Crippen LogP) is 1.88. The molecule has 0 aromatic heterocycles. The minimum Gasteiger partial charge on any atom is -0.486 e. The number of hydrogen-bond acceptors (Lipinski definition) is 5. The van der Waals surface area contributed by atoms with Gasteiger partial charge in [0.2, 0.25) is 0 Å². The molecule has 0 atom stereocenters. The summed E-state index contributed by atoms with van der Waals surface area (Å²) in [6.07, 6.45) is 4.55. The van der Waals surface area contributed by atoms with E-state index >= 15 is 0 Å². The largest absolute Gasteiger partial charge is 0.486 e. The van der Waals surface area contributed by atoms with Crippen LogP contribution in [0.3, 0.4) is 0 Å². The molecule has 6 heteroatoms. The minimum absolute atomic E-state index is 0.172. The summed E-state index contributed by atoms with van der Waals surface area (Å²) in [6.45, 7) is 3.08. The third kappa shape index (κ3) is 4.07. The number of ether oxygens (including phenoxy) is 2. The average molecular weight is 346 g/mol. The Morgan fingerprint density at radius 3 is 2.80 bits per heavy atom. The number of hydrogen-bond donors (Lipinski definition) is 2. The molecule has 136 valence electrons. The lowest BCUT2D eigenvalue weighted by molar-refractivity contribution is -0.139. The number of carboxylic acid groups (broad SMARTS) is 1. The molecule has 1 aromatic carbocycles. The van der Waals surface area contributed by atoms with Gasteiger partial charge in [0.15, 0.2) is 11.5 Å². The molecule has 1 aliphatic heterocycles. The molecule has 25 heavy (non-hydrogen) atoms. The lowest BCUT2D eigenvalue weighted by Gasteiger charge is -2.43. The maximum Gasteiger partial charge on any atom is 0.317 e. The van der Waals surface area contributed by atoms with Crippen LogP contribution in [0.1, 0.15) is 31.2 Å². The SMILES string of the molecule is O=C(O)CN(CC1CC1)C1CC(NCc2cccc3c2OCCO3)C1. The Kier molecular flexibility index (Phi) is 4.81. The topological polar surface area (TPSA) is 71.0 Å². The van der Waals surface area contributed by atoms with Crippen LogP contribution >= 0.6 is 0 Å². The molecule has 0 saturated heterocycles. The van der Waals surface area contributed by atoms with E-state index in [1.165, 1.54) is 12.8 Å². The summed E-state index contributed by atoms with van der Waals surface area (Å²) >= 11 is 0. The van der Waals surface area contributed by atoms with Gasteiger partial charge in [0.25, 0.3) is 0 Å². The molecule has 2 saturated carbocycles. The fraction of sp³-hybridized carbons (Fsp3) is 0.632. The molecule has 2 fully saturated rings. The Hall–Kier alpha value is -1.79. The number of para-hydroxylation sites is 1. The standard InChI is InChI=1S/C19H26N2O4/c22-18(23)12-21(11-13-4-5-13)16-8-15(9-16)20-10-14-2-1-3-17-19(14)25-7-6-24-17/h1-3,13,15-16,20H,4-12H2,(H,22,23). The van der Waals surface area contributed by atoms with E-state index in [2.05, 4.69) is 16.3 Å². The van der Waals surface area contributed by atoms with Crippen LogP contribution in [0.15, 0.2) is 18.2 Å². The van der Waals surface area contributed by atoms with E-state index in [1.807, 2.05) is 12.1 Å². The van der Waals surface area contributed by atoms with Crippen molar-refractivity contribution < 1.29 is 19.4 Å². The number of nitrogens with one attached hydrogen (secondary N) is 1. The lowest BCUT2D eigenvalue weighted by Crippen LogP contribution is -2.54. The first-order valence-electron chi connectivity index (χ1n) is 9.26. The normalized spacial score (nSPS) is 24.8. The highest BCUT2D eigenvalue weighted by Gasteiger charge is 2.37. The van der Waals surface area contributed by atoms with Crippen molar-refractivity contribution in [3.63, 3.8) is 0 Å². The maximum atomic E-state index is 11.1. The molecule has 1 aromatic rings. The van der Waals surface area contributed by atoms with E-state index in [-0.39, 0.29) is 6.54 Å². The number of fused-ring (bicyclic) bond motifs is 1. The van der Waals surface area contributed by atoms with Gasteiger partial charge in [0.05, 0.1) is 6.54 Å². The van der Waals surface area contributed by atoms with E-state index in [1.54, 1.807) is 0 Å². The zero-order valence-electron chi connectivity index (χ0n) is 14.4. The monoisotopic (exact) mass is 346 g/mol. The van der Waals surface area contributed by atoms with Crippen LogP contribution in [-0.4, -0.2) is 54.4 Å². The fourth-order valence-corrected chi connectivity index (χ4v) is 3.73. The highest BCUT2D eigenvalue weighted by atomic mass is 16.6. The van der Waals surface area contributed by atoms with Crippen molar-refractivity contribution in [1.82, 2.24) is 10.2 Å². The Labute approximate surface area is 148 Å². The second kappa shape index (κ2) is 7.22. The van der Waals surface area contributed by atoms with Crippen molar-refractivity contribution in [3.8, 4) is 11.5 Å². The van der Waals surface area contributed by atoms with Crippen molar-refractivity contribution in [2.24, 2.45) is 5.92 Å². The van der Waals surface area contributed by atoms with E-state index in [4.69, 9.17) is 14.6 Å². The Bertz CT molecular complexity index is 626. The summed E-state index contributed by atoms with van der Waals surface area (Å²) in [5.41, 5.74) is 1.13. The molecule has 0 spiro atoms. The maximum absolute atomic E-state index is 11.1. The summed E-state index contributed by atoms with van der Waals surface area (Å²) < 4.78 is 11.4. The molecule has 4 rings (SSSR count). The average Bonchev–Trinajstić information content (AvgIpc) is 3.37. The zero-order valence-corrected chi connectivity index (χ0v) is 14.4. The molecule has 0 radical (unpaired) electrons. The Balaban J connectivity index is 1.27. The van der Waals surface area contributed by atoms with Gasteiger partial charge < -0.3 is 19.9 Å². The predicted molar refractivity (Wildman–Crippen MR) is 93.0 cm³/mol. The molecule has 0 amide bonds. The van der Waals surface area contributed by atoms with Crippen LogP contribution in [-0.2, 0) is 11.3 Å². The zero-order chi connectivity index (χ0) is 17.2. The second-order valence-corrected chi connectivity index (χ2v) is 7.41. The first-order chi connectivity index (χ1) is 12.2. The molecule has 0 unspecified atom stereocenters. The van der Waals surface area contributed by atoms with E-state index in [9.17, 15) is 4.79 Å². The molecule has 3 aliphatic rings. The van der Waals surface area contributed by atoms with Crippen LogP contribution in [0.4, 0.5) is 0 Å². The highest BCUT2D eigenvalue weighted by molar-refractivity contribution is 5.69. The lowest BCUT2D eigenvalue weighted by atomic mass is 9.85. The van der Waals surface area contributed by atoms with Gasteiger partial charge in [0.1, 0.15) is 13.2 Å². The summed E-state index contributed by atoms with van der Waals surface area (Å²) in [7, 11) is 0. The number of carbonyl (C=O) groups is 1. The smallest absolute Gasteiger partial charge is 0.317 e. The van der Waals surface area contributed by atoms with Crippen LogP contribution in [0.5, 0.6) is 11.5 Å². The van der Waals surface area contributed by atoms with Crippen molar-refractivity contribution in [1.29, 1.82) is 0 Å². The summed E-state index contributed by atoms with van der Waals surface area (Å²) in [4.78, 5) is 13.3. The number of aliphatic carboxylic acids is 1. The minimum atomic E-state index is -0.717. The molecule has 0 bridgehead atoms. The van der Waals surface area contributed by atoms with Crippen molar-refractivity contribution >= 4 is 5.97 Å². The molecular weight excluding hydrogens is 320 g/mol. The third-order valence-corrected chi connectivity index (χ3v) is 5.39. The Morgan fingerprint density at radius 1 is 1.24 bits per heavy atom. The highest BCUT2D eigenvalue weighted by Crippen LogP contribution is 2.35. The third-order valence-electron chi connectivity index (χ3n) is 5.39. The quantitative estimate of drug-likeness (QED) is 0.749. The number of rotatable bonds is 8. The number of benzene rings is 1. The van der Waals surface area contributed by atoms with E-state index < -0.39 is 5.97 Å². The molecular formula is C19H26N2O4. The van der Waals surface area contributed by atoms with Crippen LogP contribution in [0.2, 0.25) is 0 Å². The summed E-state index contributed by atoms with van der Waals surface area (Å²) in [5.74, 6) is 1.69. The molecule has 6 nitrogen and oxygen atoms in total. The van der Waals surface area contributed by atoms with Crippen LogP contribution in [0.25, 0.3) is 0 Å². The fourth-order valence-electron chi connectivity index (χ4n) is 3.73. The summed E-state index contributed by atoms with van der Waals surface area (Å²) in [5, 5.41) is 12.7. The van der Waals surface area contributed by atoms with E-state index in [0.29, 0.717) is 25.3 Å². The van der Waals surface area contributed by atoms with Gasteiger partial charge >= 0.3 is 5.97 Å². The number of carboxylic acids is 1. The van der Waals surface area contributed by atoms with Gasteiger partial charge in [-0.15, -0.1) is 0 Å². The van der Waals surface area contributed by atoms with E-state index in [0.717, 1.165) is 48.9 Å². The van der Waals surface area contributed by atoms with Gasteiger partial charge in [-0.3, -0.25) is 9.69 Å². The van der Waals surface area contributed by atoms with Crippen molar-refractivity contribution in [3.05, 3.63) is 23.8 Å². The van der Waals surface area contributed by atoms with Gasteiger partial charge in [0, 0.05) is 30.7 Å². The van der Waals surface area contributed by atoms with Gasteiger partial charge in [-0.25, -0.2) is 0 Å². The van der Waals surface area contributed by atoms with Gasteiger partial charge in [-0.1, -0.05) is 12.1 Å². The van der Waals surface area contributed by atoms with Crippen LogP contribution < -0.4 is 14.8 Å². The molecule has 1 heterocycles. The summed E-state index contributed by atoms with van der Waals surface area (Å²) in [6, 6.07) is 6.86. The first kappa shape index (κ1) is 16.7. The van der Waals surface area contributed by atoms with Gasteiger partial charge in [-0.05, 0) is 37.7 Å². The van der Waals surface area contributed by atoms with Crippen LogP contribution in [0, 0.1) is 5.92 Å².